The lowest BCUT2D eigenvalue weighted by atomic mass is 10.1. The Kier molecular flexibility index (Phi) is 4.31. The molecule has 5 rings (SSSR count). The van der Waals surface area contributed by atoms with Gasteiger partial charge < -0.3 is 9.80 Å². The fourth-order valence-corrected chi connectivity index (χ4v) is 4.52. The highest BCUT2D eigenvalue weighted by atomic mass is 32.1. The first-order valence-corrected chi connectivity index (χ1v) is 10.3. The molecule has 3 aromatic rings. The largest absolute Gasteiger partial charge is 0.339 e. The summed E-state index contributed by atoms with van der Waals surface area (Å²) in [7, 11) is 0. The Bertz CT molecular complexity index is 1030. The van der Waals surface area contributed by atoms with Crippen molar-refractivity contribution in [2.45, 2.75) is 12.3 Å². The fourth-order valence-electron chi connectivity index (χ4n) is 4.00. The van der Waals surface area contributed by atoms with Crippen LogP contribution in [-0.2, 0) is 4.79 Å². The molecular formula is C21H20N4O2S. The zero-order valence-corrected chi connectivity index (χ0v) is 16.1. The van der Waals surface area contributed by atoms with E-state index in [4.69, 9.17) is 0 Å². The maximum atomic E-state index is 12.8. The average molecular weight is 392 g/mol. The summed E-state index contributed by atoms with van der Waals surface area (Å²) >= 11 is 1.15. The summed E-state index contributed by atoms with van der Waals surface area (Å²) in [5.74, 6) is 0.683. The van der Waals surface area contributed by atoms with Gasteiger partial charge in [-0.2, -0.15) is 8.75 Å². The van der Waals surface area contributed by atoms with Crippen LogP contribution >= 0.6 is 11.7 Å². The van der Waals surface area contributed by atoms with Crippen LogP contribution in [0.5, 0.6) is 0 Å². The number of fused-ring (bicyclic) bond motifs is 1. The number of hydrogen-bond acceptors (Lipinski definition) is 5. The van der Waals surface area contributed by atoms with Crippen LogP contribution in [0.1, 0.15) is 28.3 Å². The Labute approximate surface area is 167 Å². The number of carbonyl (C=O) groups is 2. The van der Waals surface area contributed by atoms with Crippen molar-refractivity contribution in [3.8, 4) is 0 Å². The standard InChI is InChI=1S/C21H20N4O2S/c26-20(15-6-7-18-19(12-15)23-28-22-18)24-8-10-25(11-9-24)21(27)17-13-16(17)14-4-2-1-3-5-14/h1-7,12,16-17H,8-11,13H2/t16-,17-/m1/s1. The minimum atomic E-state index is -0.00409. The van der Waals surface area contributed by atoms with Crippen LogP contribution in [0.25, 0.3) is 11.0 Å². The van der Waals surface area contributed by atoms with Crippen LogP contribution in [0.3, 0.4) is 0 Å². The lowest BCUT2D eigenvalue weighted by Gasteiger charge is -2.35. The van der Waals surface area contributed by atoms with Gasteiger partial charge >= 0.3 is 0 Å². The number of nitrogens with zero attached hydrogens (tertiary/aromatic N) is 4. The SMILES string of the molecule is O=C(c1ccc2nsnc2c1)N1CCN(C(=O)[C@@H]2C[C@@H]2c2ccccc2)CC1. The molecule has 2 heterocycles. The van der Waals surface area contributed by atoms with E-state index < -0.39 is 0 Å². The average Bonchev–Trinajstić information content (AvgIpc) is 3.42. The van der Waals surface area contributed by atoms with Crippen LogP contribution in [0.4, 0.5) is 0 Å². The van der Waals surface area contributed by atoms with Gasteiger partial charge in [0.05, 0.1) is 11.7 Å². The molecule has 142 valence electrons. The van der Waals surface area contributed by atoms with E-state index in [1.54, 1.807) is 12.1 Å². The van der Waals surface area contributed by atoms with Crippen molar-refractivity contribution in [3.05, 3.63) is 59.7 Å². The summed E-state index contributed by atoms with van der Waals surface area (Å²) in [6, 6.07) is 15.7. The highest BCUT2D eigenvalue weighted by Crippen LogP contribution is 2.48. The number of aromatic nitrogens is 2. The zero-order valence-electron chi connectivity index (χ0n) is 15.3. The summed E-state index contributed by atoms with van der Waals surface area (Å²) in [6.45, 7) is 2.34. The van der Waals surface area contributed by atoms with Crippen LogP contribution in [0.2, 0.25) is 0 Å². The number of amides is 2. The summed E-state index contributed by atoms with van der Waals surface area (Å²) in [5.41, 5.74) is 3.45. The molecule has 0 radical (unpaired) electrons. The molecule has 0 bridgehead atoms. The first-order chi connectivity index (χ1) is 13.7. The van der Waals surface area contributed by atoms with Gasteiger partial charge in [0.25, 0.3) is 5.91 Å². The third-order valence-electron chi connectivity index (χ3n) is 5.71. The van der Waals surface area contributed by atoms with E-state index in [2.05, 4.69) is 20.9 Å². The van der Waals surface area contributed by atoms with Crippen LogP contribution < -0.4 is 0 Å². The molecule has 1 saturated carbocycles. The molecule has 0 N–H and O–H groups in total. The predicted molar refractivity (Wildman–Crippen MR) is 107 cm³/mol. The van der Waals surface area contributed by atoms with Crippen molar-refractivity contribution in [2.24, 2.45) is 5.92 Å². The van der Waals surface area contributed by atoms with E-state index in [1.807, 2.05) is 34.1 Å². The molecule has 2 fully saturated rings. The van der Waals surface area contributed by atoms with Gasteiger partial charge in [-0.1, -0.05) is 30.3 Å². The van der Waals surface area contributed by atoms with E-state index in [0.29, 0.717) is 37.7 Å². The quantitative estimate of drug-likeness (QED) is 0.687. The first-order valence-electron chi connectivity index (χ1n) is 9.56. The molecule has 7 heteroatoms. The van der Waals surface area contributed by atoms with Crippen molar-refractivity contribution in [1.29, 1.82) is 0 Å². The predicted octanol–water partition coefficient (Wildman–Crippen LogP) is 2.78. The van der Waals surface area contributed by atoms with Gasteiger partial charge in [0.15, 0.2) is 0 Å². The molecule has 1 aliphatic carbocycles. The lowest BCUT2D eigenvalue weighted by molar-refractivity contribution is -0.134. The third-order valence-corrected chi connectivity index (χ3v) is 6.27. The van der Waals surface area contributed by atoms with Crippen molar-refractivity contribution >= 4 is 34.6 Å². The first kappa shape index (κ1) is 17.3. The monoisotopic (exact) mass is 392 g/mol. The Morgan fingerprint density at radius 2 is 1.61 bits per heavy atom. The molecule has 2 aromatic carbocycles. The Morgan fingerprint density at radius 1 is 0.893 bits per heavy atom. The zero-order chi connectivity index (χ0) is 19.1. The van der Waals surface area contributed by atoms with Gasteiger partial charge in [-0.05, 0) is 36.1 Å². The summed E-state index contributed by atoms with van der Waals surface area (Å²) in [6.07, 6.45) is 0.934. The van der Waals surface area contributed by atoms with Gasteiger partial charge in [-0.3, -0.25) is 9.59 Å². The van der Waals surface area contributed by atoms with Gasteiger partial charge in [0, 0.05) is 37.7 Å². The van der Waals surface area contributed by atoms with Crippen LogP contribution in [0, 0.1) is 5.92 Å². The van der Waals surface area contributed by atoms with Gasteiger partial charge in [-0.25, -0.2) is 0 Å². The molecule has 1 aliphatic heterocycles. The second-order valence-corrected chi connectivity index (χ2v) is 7.97. The second kappa shape index (κ2) is 6.98. The summed E-state index contributed by atoms with van der Waals surface area (Å²) in [4.78, 5) is 29.4. The van der Waals surface area contributed by atoms with Crippen molar-refractivity contribution < 1.29 is 9.59 Å². The van der Waals surface area contributed by atoms with E-state index in [1.165, 1.54) is 5.56 Å². The van der Waals surface area contributed by atoms with E-state index in [0.717, 1.165) is 29.2 Å². The molecule has 0 spiro atoms. The Balaban J connectivity index is 1.19. The molecule has 1 saturated heterocycles. The third kappa shape index (κ3) is 3.16. The molecule has 0 unspecified atom stereocenters. The lowest BCUT2D eigenvalue weighted by Crippen LogP contribution is -2.51. The van der Waals surface area contributed by atoms with Crippen molar-refractivity contribution in [3.63, 3.8) is 0 Å². The Hall–Kier alpha value is -2.80. The maximum Gasteiger partial charge on any atom is 0.254 e. The van der Waals surface area contributed by atoms with E-state index >= 15 is 0 Å². The molecule has 28 heavy (non-hydrogen) atoms. The number of carbonyl (C=O) groups excluding carboxylic acids is 2. The minimum Gasteiger partial charge on any atom is -0.339 e. The normalized spacial score (nSPS) is 21.7. The summed E-state index contributed by atoms with van der Waals surface area (Å²) < 4.78 is 8.38. The minimum absolute atomic E-state index is 0.00409. The van der Waals surface area contributed by atoms with Gasteiger partial charge in [0.1, 0.15) is 11.0 Å². The van der Waals surface area contributed by atoms with Crippen molar-refractivity contribution in [1.82, 2.24) is 18.5 Å². The fraction of sp³-hybridized carbons (Fsp3) is 0.333. The highest BCUT2D eigenvalue weighted by molar-refractivity contribution is 7.00. The number of benzene rings is 2. The smallest absolute Gasteiger partial charge is 0.254 e. The van der Waals surface area contributed by atoms with Gasteiger partial charge in [0.2, 0.25) is 5.91 Å². The number of rotatable bonds is 3. The number of hydrogen-bond donors (Lipinski definition) is 0. The molecule has 2 aliphatic rings. The molecule has 2 atom stereocenters. The van der Waals surface area contributed by atoms with E-state index in [-0.39, 0.29) is 17.7 Å². The topological polar surface area (TPSA) is 66.4 Å². The van der Waals surface area contributed by atoms with Crippen molar-refractivity contribution in [2.75, 3.05) is 26.2 Å². The summed E-state index contributed by atoms with van der Waals surface area (Å²) in [5, 5.41) is 0. The Morgan fingerprint density at radius 3 is 2.39 bits per heavy atom. The highest BCUT2D eigenvalue weighted by Gasteiger charge is 2.46. The van der Waals surface area contributed by atoms with Crippen LogP contribution in [-0.4, -0.2) is 56.5 Å². The van der Waals surface area contributed by atoms with Crippen LogP contribution in [0.15, 0.2) is 48.5 Å². The molecule has 6 nitrogen and oxygen atoms in total. The molecular weight excluding hydrogens is 372 g/mol. The van der Waals surface area contributed by atoms with E-state index in [9.17, 15) is 9.59 Å². The maximum absolute atomic E-state index is 12.8. The molecule has 2 amide bonds. The number of piperazine rings is 1. The van der Waals surface area contributed by atoms with Gasteiger partial charge in [-0.15, -0.1) is 0 Å². The molecule has 1 aromatic heterocycles. The second-order valence-electron chi connectivity index (χ2n) is 7.44.